The summed E-state index contributed by atoms with van der Waals surface area (Å²) in [6.07, 6.45) is 0. The molecule has 0 spiro atoms. The molecule has 0 aromatic heterocycles. The zero-order chi connectivity index (χ0) is 17.9. The molecule has 2 aromatic carbocycles. The van der Waals surface area contributed by atoms with Crippen LogP contribution in [0.15, 0.2) is 42.5 Å². The van der Waals surface area contributed by atoms with Crippen LogP contribution in [0.3, 0.4) is 0 Å². The quantitative estimate of drug-likeness (QED) is 0.821. The largest absolute Gasteiger partial charge is 0.454 e. The van der Waals surface area contributed by atoms with Crippen LogP contribution < -0.4 is 19.5 Å². The molecule has 0 saturated carbocycles. The first kappa shape index (κ1) is 17.1. The molecule has 0 atom stereocenters. The Kier molecular flexibility index (Phi) is 4.80. The van der Waals surface area contributed by atoms with Crippen LogP contribution in [0.25, 0.3) is 0 Å². The van der Waals surface area contributed by atoms with E-state index in [1.54, 1.807) is 31.2 Å². The van der Waals surface area contributed by atoms with Gasteiger partial charge < -0.3 is 14.8 Å². The number of hydrogen-bond donors (Lipinski definition) is 2. The van der Waals surface area contributed by atoms with Gasteiger partial charge in [0.15, 0.2) is 11.5 Å². The SMILES string of the molecule is CCS(=O)(=O)Nc1cccc(C(=O)NCc2ccc3c(c2)OCO3)c1. The van der Waals surface area contributed by atoms with Crippen LogP contribution in [-0.2, 0) is 16.6 Å². The second-order valence-electron chi connectivity index (χ2n) is 5.46. The van der Waals surface area contributed by atoms with Crippen molar-refractivity contribution in [3.8, 4) is 11.5 Å². The fourth-order valence-electron chi connectivity index (χ4n) is 2.31. The maximum atomic E-state index is 12.3. The molecule has 3 rings (SSSR count). The van der Waals surface area contributed by atoms with Crippen molar-refractivity contribution < 1.29 is 22.7 Å². The highest BCUT2D eigenvalue weighted by Crippen LogP contribution is 2.32. The normalized spacial score (nSPS) is 12.7. The predicted octanol–water partition coefficient (Wildman–Crippen LogP) is 2.11. The molecule has 1 heterocycles. The topological polar surface area (TPSA) is 93.7 Å². The molecule has 0 fully saturated rings. The summed E-state index contributed by atoms with van der Waals surface area (Å²) >= 11 is 0. The van der Waals surface area contributed by atoms with Crippen molar-refractivity contribution in [2.45, 2.75) is 13.5 Å². The number of sulfonamides is 1. The predicted molar refractivity (Wildman–Crippen MR) is 93.3 cm³/mol. The van der Waals surface area contributed by atoms with Crippen LogP contribution in [-0.4, -0.2) is 26.9 Å². The Bertz CT molecular complexity index is 896. The van der Waals surface area contributed by atoms with Crippen molar-refractivity contribution in [1.82, 2.24) is 5.32 Å². The first-order valence-electron chi connectivity index (χ1n) is 7.74. The highest BCUT2D eigenvalue weighted by Gasteiger charge is 2.14. The molecule has 25 heavy (non-hydrogen) atoms. The van der Waals surface area contributed by atoms with Gasteiger partial charge in [0, 0.05) is 17.8 Å². The Morgan fingerprint density at radius 1 is 1.12 bits per heavy atom. The fourth-order valence-corrected chi connectivity index (χ4v) is 2.94. The highest BCUT2D eigenvalue weighted by atomic mass is 32.2. The van der Waals surface area contributed by atoms with Crippen LogP contribution in [0.2, 0.25) is 0 Å². The number of fused-ring (bicyclic) bond motifs is 1. The number of ether oxygens (including phenoxy) is 2. The minimum absolute atomic E-state index is 0.0342. The molecule has 1 aliphatic heterocycles. The maximum Gasteiger partial charge on any atom is 0.251 e. The standard InChI is InChI=1S/C17H18N2O5S/c1-2-25(21,22)19-14-5-3-4-13(9-14)17(20)18-10-12-6-7-15-16(8-12)24-11-23-15/h3-9,19H,2,10-11H2,1H3,(H,18,20). The summed E-state index contributed by atoms with van der Waals surface area (Å²) in [5, 5.41) is 2.80. The summed E-state index contributed by atoms with van der Waals surface area (Å²) in [4.78, 5) is 12.3. The average Bonchev–Trinajstić information content (AvgIpc) is 3.07. The number of carbonyl (C=O) groups excluding carboxylic acids is 1. The van der Waals surface area contributed by atoms with E-state index in [2.05, 4.69) is 10.0 Å². The second kappa shape index (κ2) is 7.02. The summed E-state index contributed by atoms with van der Waals surface area (Å²) in [6.45, 7) is 2.07. The van der Waals surface area contributed by atoms with Crippen molar-refractivity contribution in [2.75, 3.05) is 17.3 Å². The van der Waals surface area contributed by atoms with Gasteiger partial charge in [-0.25, -0.2) is 8.42 Å². The minimum Gasteiger partial charge on any atom is -0.454 e. The third-order valence-electron chi connectivity index (χ3n) is 3.67. The molecule has 2 aromatic rings. The van der Waals surface area contributed by atoms with Gasteiger partial charge in [0.1, 0.15) is 0 Å². The summed E-state index contributed by atoms with van der Waals surface area (Å²) < 4.78 is 36.2. The van der Waals surface area contributed by atoms with Gasteiger partial charge in [-0.2, -0.15) is 0 Å². The number of nitrogens with one attached hydrogen (secondary N) is 2. The van der Waals surface area contributed by atoms with E-state index in [-0.39, 0.29) is 18.5 Å². The second-order valence-corrected chi connectivity index (χ2v) is 7.47. The van der Waals surface area contributed by atoms with E-state index in [9.17, 15) is 13.2 Å². The lowest BCUT2D eigenvalue weighted by Crippen LogP contribution is -2.23. The molecular weight excluding hydrogens is 344 g/mol. The lowest BCUT2D eigenvalue weighted by Gasteiger charge is -2.09. The molecule has 1 amide bonds. The van der Waals surface area contributed by atoms with Gasteiger partial charge in [-0.15, -0.1) is 0 Å². The van der Waals surface area contributed by atoms with Gasteiger partial charge in [-0.1, -0.05) is 12.1 Å². The van der Waals surface area contributed by atoms with E-state index in [0.717, 1.165) is 5.56 Å². The minimum atomic E-state index is -3.38. The Hall–Kier alpha value is -2.74. The highest BCUT2D eigenvalue weighted by molar-refractivity contribution is 7.92. The number of rotatable bonds is 6. The van der Waals surface area contributed by atoms with Crippen LogP contribution in [0.5, 0.6) is 11.5 Å². The number of benzene rings is 2. The first-order chi connectivity index (χ1) is 12.0. The molecule has 7 nitrogen and oxygen atoms in total. The van der Waals surface area contributed by atoms with E-state index in [4.69, 9.17) is 9.47 Å². The Labute approximate surface area is 146 Å². The van der Waals surface area contributed by atoms with E-state index in [1.165, 1.54) is 6.07 Å². The summed E-state index contributed by atoms with van der Waals surface area (Å²) in [6, 6.07) is 11.8. The number of amides is 1. The van der Waals surface area contributed by atoms with Crippen molar-refractivity contribution in [3.05, 3.63) is 53.6 Å². The van der Waals surface area contributed by atoms with Crippen molar-refractivity contribution >= 4 is 21.6 Å². The van der Waals surface area contributed by atoms with Gasteiger partial charge in [0.05, 0.1) is 5.75 Å². The van der Waals surface area contributed by atoms with Gasteiger partial charge in [-0.3, -0.25) is 9.52 Å². The fraction of sp³-hybridized carbons (Fsp3) is 0.235. The summed E-state index contributed by atoms with van der Waals surface area (Å²) in [7, 11) is -3.38. The molecule has 0 aliphatic carbocycles. The lowest BCUT2D eigenvalue weighted by molar-refractivity contribution is 0.0951. The molecule has 1 aliphatic rings. The number of carbonyl (C=O) groups is 1. The van der Waals surface area contributed by atoms with Crippen LogP contribution in [0, 0.1) is 0 Å². The zero-order valence-corrected chi connectivity index (χ0v) is 14.4. The monoisotopic (exact) mass is 362 g/mol. The first-order valence-corrected chi connectivity index (χ1v) is 9.39. The van der Waals surface area contributed by atoms with Crippen molar-refractivity contribution in [1.29, 1.82) is 0 Å². The molecule has 0 radical (unpaired) electrons. The molecule has 0 unspecified atom stereocenters. The summed E-state index contributed by atoms with van der Waals surface area (Å²) in [5.74, 6) is 1.01. The molecule has 0 bridgehead atoms. The van der Waals surface area contributed by atoms with Crippen LogP contribution >= 0.6 is 0 Å². The van der Waals surface area contributed by atoms with E-state index in [0.29, 0.717) is 29.3 Å². The third-order valence-corrected chi connectivity index (χ3v) is 4.97. The van der Waals surface area contributed by atoms with Gasteiger partial charge in [0.2, 0.25) is 16.8 Å². The zero-order valence-electron chi connectivity index (χ0n) is 13.6. The van der Waals surface area contributed by atoms with Gasteiger partial charge in [0.25, 0.3) is 5.91 Å². The van der Waals surface area contributed by atoms with Gasteiger partial charge in [-0.05, 0) is 42.8 Å². The van der Waals surface area contributed by atoms with Crippen molar-refractivity contribution in [3.63, 3.8) is 0 Å². The summed E-state index contributed by atoms with van der Waals surface area (Å²) in [5.41, 5.74) is 1.61. The van der Waals surface area contributed by atoms with Gasteiger partial charge >= 0.3 is 0 Å². The smallest absolute Gasteiger partial charge is 0.251 e. The maximum absolute atomic E-state index is 12.3. The van der Waals surface area contributed by atoms with E-state index in [1.807, 2.05) is 12.1 Å². The Morgan fingerprint density at radius 3 is 2.72 bits per heavy atom. The van der Waals surface area contributed by atoms with E-state index < -0.39 is 10.0 Å². The van der Waals surface area contributed by atoms with E-state index >= 15 is 0 Å². The lowest BCUT2D eigenvalue weighted by atomic mass is 10.1. The molecule has 2 N–H and O–H groups in total. The van der Waals surface area contributed by atoms with Crippen LogP contribution in [0.1, 0.15) is 22.8 Å². The third kappa shape index (κ3) is 4.21. The van der Waals surface area contributed by atoms with Crippen molar-refractivity contribution in [2.24, 2.45) is 0 Å². The number of anilines is 1. The molecule has 8 heteroatoms. The Morgan fingerprint density at radius 2 is 1.92 bits per heavy atom. The molecular formula is C17H18N2O5S. The van der Waals surface area contributed by atoms with Crippen LogP contribution in [0.4, 0.5) is 5.69 Å². The number of hydrogen-bond acceptors (Lipinski definition) is 5. The Balaban J connectivity index is 1.65. The average molecular weight is 362 g/mol. The molecule has 132 valence electrons. The molecule has 0 saturated heterocycles.